The number of hydrogen-bond donors (Lipinski definition) is 1. The van der Waals surface area contributed by atoms with E-state index in [1.807, 2.05) is 60.2 Å². The van der Waals surface area contributed by atoms with E-state index in [0.717, 1.165) is 60.1 Å². The fourth-order valence-corrected chi connectivity index (χ4v) is 4.50. The van der Waals surface area contributed by atoms with Crippen LogP contribution in [-0.2, 0) is 16.0 Å². The second kappa shape index (κ2) is 10.6. The molecule has 8 nitrogen and oxygen atoms in total. The van der Waals surface area contributed by atoms with E-state index in [2.05, 4.69) is 21.3 Å². The van der Waals surface area contributed by atoms with Crippen LogP contribution in [-0.4, -0.2) is 78.4 Å². The summed E-state index contributed by atoms with van der Waals surface area (Å²) in [6, 6.07) is 9.84. The number of aryl methyl sites for hydroxylation is 1. The number of benzene rings is 1. The molecule has 0 spiro atoms. The van der Waals surface area contributed by atoms with Gasteiger partial charge in [0.15, 0.2) is 0 Å². The number of rotatable bonds is 6. The molecule has 2 aliphatic rings. The van der Waals surface area contributed by atoms with Gasteiger partial charge in [-0.15, -0.1) is 0 Å². The molecule has 1 saturated heterocycles. The van der Waals surface area contributed by atoms with E-state index in [-0.39, 0.29) is 18.2 Å². The van der Waals surface area contributed by atoms with Crippen molar-refractivity contribution in [3.63, 3.8) is 0 Å². The van der Waals surface area contributed by atoms with E-state index in [1.165, 1.54) is 5.70 Å². The SMILES string of the molecule is COc1cc(CC(=O)NC2=CC=C(N3CCN(C(C)=O)CC3)CN2C)ccc1-c1ccnc(C)c1. The molecule has 2 aromatic rings. The van der Waals surface area contributed by atoms with Crippen LogP contribution in [0, 0.1) is 6.92 Å². The van der Waals surface area contributed by atoms with Gasteiger partial charge in [0.25, 0.3) is 0 Å². The van der Waals surface area contributed by atoms with Crippen LogP contribution in [0.2, 0.25) is 0 Å². The summed E-state index contributed by atoms with van der Waals surface area (Å²) in [5, 5.41) is 3.04. The topological polar surface area (TPSA) is 78.0 Å². The minimum atomic E-state index is -0.0791. The Hall–Kier alpha value is -3.81. The van der Waals surface area contributed by atoms with Gasteiger partial charge in [0.1, 0.15) is 11.6 Å². The number of allylic oxidation sites excluding steroid dienone is 2. The van der Waals surface area contributed by atoms with Gasteiger partial charge in [-0.1, -0.05) is 12.1 Å². The standard InChI is InChI=1S/C27H33N5O3/c1-19-15-22(9-10-28-19)24-7-5-21(16-25(24)35-4)17-27(34)29-26-8-6-23(18-30(26)3)32-13-11-31(12-14-32)20(2)33/h5-10,15-16H,11-14,17-18H2,1-4H3,(H,29,34). The van der Waals surface area contributed by atoms with Crippen LogP contribution in [0.1, 0.15) is 18.2 Å². The molecular formula is C27H33N5O3. The summed E-state index contributed by atoms with van der Waals surface area (Å²) in [4.78, 5) is 34.9. The average molecular weight is 476 g/mol. The van der Waals surface area contributed by atoms with Gasteiger partial charge in [-0.25, -0.2) is 0 Å². The number of aromatic nitrogens is 1. The molecule has 0 atom stereocenters. The van der Waals surface area contributed by atoms with E-state index < -0.39 is 0 Å². The van der Waals surface area contributed by atoms with E-state index in [4.69, 9.17) is 4.74 Å². The second-order valence-electron chi connectivity index (χ2n) is 9.00. The van der Waals surface area contributed by atoms with Gasteiger partial charge < -0.3 is 24.8 Å². The second-order valence-corrected chi connectivity index (χ2v) is 9.00. The maximum absolute atomic E-state index is 12.8. The van der Waals surface area contributed by atoms with Crippen LogP contribution < -0.4 is 10.1 Å². The molecule has 1 fully saturated rings. The molecular weight excluding hydrogens is 442 g/mol. The molecule has 184 valence electrons. The van der Waals surface area contributed by atoms with Crippen molar-refractivity contribution in [1.29, 1.82) is 0 Å². The van der Waals surface area contributed by atoms with Crippen molar-refractivity contribution in [2.75, 3.05) is 46.9 Å². The number of carbonyl (C=O) groups is 2. The molecule has 8 heteroatoms. The van der Waals surface area contributed by atoms with Gasteiger partial charge in [-0.3, -0.25) is 14.6 Å². The van der Waals surface area contributed by atoms with Gasteiger partial charge in [0.05, 0.1) is 20.1 Å². The van der Waals surface area contributed by atoms with Crippen molar-refractivity contribution in [2.45, 2.75) is 20.3 Å². The maximum Gasteiger partial charge on any atom is 0.229 e. The lowest BCUT2D eigenvalue weighted by Crippen LogP contribution is -2.49. The third-order valence-electron chi connectivity index (χ3n) is 6.48. The predicted molar refractivity (Wildman–Crippen MR) is 135 cm³/mol. The molecule has 0 unspecified atom stereocenters. The highest BCUT2D eigenvalue weighted by molar-refractivity contribution is 5.81. The van der Waals surface area contributed by atoms with Crippen LogP contribution in [0.4, 0.5) is 0 Å². The van der Waals surface area contributed by atoms with Crippen LogP contribution >= 0.6 is 0 Å². The zero-order chi connectivity index (χ0) is 24.9. The summed E-state index contributed by atoms with van der Waals surface area (Å²) in [6.07, 6.45) is 6.05. The van der Waals surface area contributed by atoms with Crippen LogP contribution in [0.3, 0.4) is 0 Å². The normalized spacial score (nSPS) is 15.9. The minimum absolute atomic E-state index is 0.0791. The number of pyridine rings is 1. The number of hydrogen-bond acceptors (Lipinski definition) is 6. The predicted octanol–water partition coefficient (Wildman–Crippen LogP) is 2.56. The van der Waals surface area contributed by atoms with Crippen molar-refractivity contribution in [3.05, 3.63) is 71.5 Å². The van der Waals surface area contributed by atoms with Crippen molar-refractivity contribution in [1.82, 2.24) is 25.0 Å². The molecule has 2 amide bonds. The van der Waals surface area contributed by atoms with Crippen molar-refractivity contribution in [2.24, 2.45) is 0 Å². The maximum atomic E-state index is 12.8. The molecule has 0 aliphatic carbocycles. The number of ether oxygens (including phenoxy) is 1. The molecule has 0 bridgehead atoms. The molecule has 0 radical (unpaired) electrons. The molecule has 3 heterocycles. The fourth-order valence-electron chi connectivity index (χ4n) is 4.50. The number of methoxy groups -OCH3 is 1. The van der Waals surface area contributed by atoms with Gasteiger partial charge in [-0.05, 0) is 48.4 Å². The van der Waals surface area contributed by atoms with Crippen molar-refractivity contribution < 1.29 is 14.3 Å². The number of carbonyl (C=O) groups excluding carboxylic acids is 2. The van der Waals surface area contributed by atoms with E-state index in [1.54, 1.807) is 20.2 Å². The Bertz CT molecular complexity index is 1170. The highest BCUT2D eigenvalue weighted by Crippen LogP contribution is 2.31. The number of likely N-dealkylation sites (N-methyl/N-ethyl adjacent to an activating group) is 1. The Morgan fingerprint density at radius 3 is 2.51 bits per heavy atom. The molecule has 1 aromatic carbocycles. The fraction of sp³-hybridized carbons (Fsp3) is 0.370. The van der Waals surface area contributed by atoms with Gasteiger partial charge >= 0.3 is 0 Å². The zero-order valence-corrected chi connectivity index (χ0v) is 20.9. The Morgan fingerprint density at radius 2 is 1.86 bits per heavy atom. The van der Waals surface area contributed by atoms with E-state index >= 15 is 0 Å². The molecule has 2 aliphatic heterocycles. The highest BCUT2D eigenvalue weighted by Gasteiger charge is 2.23. The summed E-state index contributed by atoms with van der Waals surface area (Å²) in [5.74, 6) is 1.55. The summed E-state index contributed by atoms with van der Waals surface area (Å²) >= 11 is 0. The third kappa shape index (κ3) is 5.82. The van der Waals surface area contributed by atoms with Crippen LogP contribution in [0.15, 0.2) is 60.2 Å². The first-order chi connectivity index (χ1) is 16.8. The van der Waals surface area contributed by atoms with E-state index in [0.29, 0.717) is 6.54 Å². The highest BCUT2D eigenvalue weighted by atomic mass is 16.5. The first kappa shape index (κ1) is 24.3. The third-order valence-corrected chi connectivity index (χ3v) is 6.48. The number of nitrogens with zero attached hydrogens (tertiary/aromatic N) is 4. The van der Waals surface area contributed by atoms with Crippen LogP contribution in [0.25, 0.3) is 11.1 Å². The number of amides is 2. The Balaban J connectivity index is 1.39. The number of piperazine rings is 1. The monoisotopic (exact) mass is 475 g/mol. The van der Waals surface area contributed by atoms with Crippen molar-refractivity contribution in [3.8, 4) is 16.9 Å². The lowest BCUT2D eigenvalue weighted by molar-refractivity contribution is -0.130. The van der Waals surface area contributed by atoms with Gasteiger partial charge in [0, 0.05) is 63.3 Å². The first-order valence-corrected chi connectivity index (χ1v) is 11.9. The summed E-state index contributed by atoms with van der Waals surface area (Å²) < 4.78 is 5.61. The van der Waals surface area contributed by atoms with Gasteiger partial charge in [-0.2, -0.15) is 0 Å². The van der Waals surface area contributed by atoms with Gasteiger partial charge in [0.2, 0.25) is 11.8 Å². The first-order valence-electron chi connectivity index (χ1n) is 11.9. The number of nitrogens with one attached hydrogen (secondary N) is 1. The Kier molecular flexibility index (Phi) is 7.39. The smallest absolute Gasteiger partial charge is 0.229 e. The zero-order valence-electron chi connectivity index (χ0n) is 20.9. The molecule has 4 rings (SSSR count). The summed E-state index contributed by atoms with van der Waals surface area (Å²) in [5.41, 5.74) is 5.02. The lowest BCUT2D eigenvalue weighted by atomic mass is 10.0. The largest absolute Gasteiger partial charge is 0.496 e. The minimum Gasteiger partial charge on any atom is -0.496 e. The average Bonchev–Trinajstić information content (AvgIpc) is 2.85. The molecule has 0 saturated carbocycles. The van der Waals surface area contributed by atoms with E-state index in [9.17, 15) is 9.59 Å². The lowest BCUT2D eigenvalue weighted by Gasteiger charge is -2.39. The molecule has 1 aromatic heterocycles. The van der Waals surface area contributed by atoms with Crippen LogP contribution in [0.5, 0.6) is 5.75 Å². The molecule has 35 heavy (non-hydrogen) atoms. The Labute approximate surface area is 206 Å². The van der Waals surface area contributed by atoms with Crippen molar-refractivity contribution >= 4 is 11.8 Å². The molecule has 1 N–H and O–H groups in total. The summed E-state index contributed by atoms with van der Waals surface area (Å²) in [6.45, 7) is 7.42. The Morgan fingerprint density at radius 1 is 1.09 bits per heavy atom. The summed E-state index contributed by atoms with van der Waals surface area (Å²) in [7, 11) is 3.61. The quantitative estimate of drug-likeness (QED) is 0.692.